The Morgan fingerprint density at radius 3 is 2.93 bits per heavy atom. The molecular weight excluding hydrogens is 174 g/mol. The van der Waals surface area contributed by atoms with Crippen molar-refractivity contribution >= 4 is 5.82 Å². The molecule has 1 saturated carbocycles. The highest BCUT2D eigenvalue weighted by molar-refractivity contribution is 5.39. The van der Waals surface area contributed by atoms with E-state index in [1.807, 2.05) is 6.33 Å². The molecule has 0 bridgehead atoms. The quantitative estimate of drug-likeness (QED) is 0.799. The minimum Gasteiger partial charge on any atom is -0.384 e. The van der Waals surface area contributed by atoms with Crippen LogP contribution in [0.1, 0.15) is 57.2 Å². The van der Waals surface area contributed by atoms with Crippen LogP contribution in [-0.4, -0.2) is 9.55 Å². The fourth-order valence-electron chi connectivity index (χ4n) is 1.98. The third-order valence-electron chi connectivity index (χ3n) is 2.99. The van der Waals surface area contributed by atoms with Gasteiger partial charge in [-0.25, -0.2) is 4.98 Å². The van der Waals surface area contributed by atoms with Gasteiger partial charge in [0.15, 0.2) is 0 Å². The molecule has 1 aliphatic carbocycles. The second-order valence-electron chi connectivity index (χ2n) is 4.34. The summed E-state index contributed by atoms with van der Waals surface area (Å²) in [6, 6.07) is 0.644. The van der Waals surface area contributed by atoms with E-state index in [9.17, 15) is 0 Å². The summed E-state index contributed by atoms with van der Waals surface area (Å²) in [5.74, 6) is 1.40. The molecule has 78 valence electrons. The molecule has 0 spiro atoms. The standard InChI is InChI=1S/C11H19N3/c1-3-4-8(2)10-11(12)14(7-13-10)9-5-6-9/h7-9H,3-6,12H2,1-2H3. The molecule has 2 rings (SSSR count). The Hall–Kier alpha value is -0.990. The van der Waals surface area contributed by atoms with Crippen LogP contribution in [0, 0.1) is 0 Å². The van der Waals surface area contributed by atoms with Gasteiger partial charge in [-0.2, -0.15) is 0 Å². The van der Waals surface area contributed by atoms with Gasteiger partial charge in [-0.1, -0.05) is 20.3 Å². The maximum atomic E-state index is 6.08. The van der Waals surface area contributed by atoms with Crippen molar-refractivity contribution in [2.24, 2.45) is 0 Å². The third kappa shape index (κ3) is 1.63. The molecule has 14 heavy (non-hydrogen) atoms. The first-order valence-corrected chi connectivity index (χ1v) is 5.56. The second-order valence-corrected chi connectivity index (χ2v) is 4.34. The second kappa shape index (κ2) is 3.64. The summed E-state index contributed by atoms with van der Waals surface area (Å²) in [4.78, 5) is 4.43. The van der Waals surface area contributed by atoms with Crippen LogP contribution in [0.5, 0.6) is 0 Å². The molecule has 3 nitrogen and oxygen atoms in total. The highest BCUT2D eigenvalue weighted by Gasteiger charge is 2.27. The molecule has 0 aliphatic heterocycles. The lowest BCUT2D eigenvalue weighted by atomic mass is 10.0. The number of anilines is 1. The van der Waals surface area contributed by atoms with E-state index >= 15 is 0 Å². The lowest BCUT2D eigenvalue weighted by Gasteiger charge is -2.09. The van der Waals surface area contributed by atoms with Crippen LogP contribution < -0.4 is 5.73 Å². The molecule has 1 heterocycles. The Morgan fingerprint density at radius 2 is 2.36 bits per heavy atom. The van der Waals surface area contributed by atoms with Crippen LogP contribution >= 0.6 is 0 Å². The summed E-state index contributed by atoms with van der Waals surface area (Å²) in [5, 5.41) is 0. The molecular formula is C11H19N3. The Labute approximate surface area is 85.3 Å². The molecule has 1 unspecified atom stereocenters. The molecule has 1 aromatic heterocycles. The first kappa shape index (κ1) is 9.56. The molecule has 0 saturated heterocycles. The molecule has 1 fully saturated rings. The monoisotopic (exact) mass is 193 g/mol. The number of nitrogen functional groups attached to an aromatic ring is 1. The molecule has 2 N–H and O–H groups in total. The molecule has 1 aliphatic rings. The van der Waals surface area contributed by atoms with Gasteiger partial charge in [0.25, 0.3) is 0 Å². The molecule has 3 heteroatoms. The fourth-order valence-corrected chi connectivity index (χ4v) is 1.98. The van der Waals surface area contributed by atoms with E-state index in [1.165, 1.54) is 25.7 Å². The van der Waals surface area contributed by atoms with Crippen LogP contribution in [0.25, 0.3) is 0 Å². The van der Waals surface area contributed by atoms with Crippen LogP contribution in [-0.2, 0) is 0 Å². The van der Waals surface area contributed by atoms with E-state index in [2.05, 4.69) is 23.4 Å². The topological polar surface area (TPSA) is 43.8 Å². The summed E-state index contributed by atoms with van der Waals surface area (Å²) >= 11 is 0. The maximum absolute atomic E-state index is 6.08. The van der Waals surface area contributed by atoms with E-state index in [0.717, 1.165) is 11.5 Å². The number of hydrogen-bond acceptors (Lipinski definition) is 2. The van der Waals surface area contributed by atoms with Crippen molar-refractivity contribution < 1.29 is 0 Å². The predicted molar refractivity (Wildman–Crippen MR) is 58.2 cm³/mol. The number of imidazole rings is 1. The van der Waals surface area contributed by atoms with Gasteiger partial charge in [0.2, 0.25) is 0 Å². The highest BCUT2D eigenvalue weighted by Crippen LogP contribution is 2.38. The van der Waals surface area contributed by atoms with Crippen LogP contribution in [0.3, 0.4) is 0 Å². The van der Waals surface area contributed by atoms with Crippen LogP contribution in [0.2, 0.25) is 0 Å². The first-order chi connectivity index (χ1) is 6.74. The Kier molecular flexibility index (Phi) is 2.48. The maximum Gasteiger partial charge on any atom is 0.127 e. The summed E-state index contributed by atoms with van der Waals surface area (Å²) < 4.78 is 2.14. The van der Waals surface area contributed by atoms with Gasteiger partial charge in [0.05, 0.1) is 12.0 Å². The van der Waals surface area contributed by atoms with Crippen molar-refractivity contribution in [3.8, 4) is 0 Å². The molecule has 1 aromatic rings. The zero-order chi connectivity index (χ0) is 10.1. The zero-order valence-electron chi connectivity index (χ0n) is 9.03. The molecule has 0 radical (unpaired) electrons. The summed E-state index contributed by atoms with van der Waals surface area (Å²) in [5.41, 5.74) is 7.17. The smallest absolute Gasteiger partial charge is 0.127 e. The Morgan fingerprint density at radius 1 is 1.64 bits per heavy atom. The Bertz CT molecular complexity index is 312. The van der Waals surface area contributed by atoms with Crippen molar-refractivity contribution in [1.82, 2.24) is 9.55 Å². The van der Waals surface area contributed by atoms with Crippen molar-refractivity contribution in [2.45, 2.75) is 51.5 Å². The summed E-state index contributed by atoms with van der Waals surface area (Å²) in [6.07, 6.45) is 6.81. The van der Waals surface area contributed by atoms with Gasteiger partial charge < -0.3 is 10.3 Å². The lowest BCUT2D eigenvalue weighted by molar-refractivity contribution is 0.651. The zero-order valence-corrected chi connectivity index (χ0v) is 9.03. The van der Waals surface area contributed by atoms with Gasteiger partial charge in [0.1, 0.15) is 5.82 Å². The van der Waals surface area contributed by atoms with E-state index in [0.29, 0.717) is 12.0 Å². The average Bonchev–Trinajstić information content (AvgIpc) is 2.91. The number of nitrogens with two attached hydrogens (primary N) is 1. The summed E-state index contributed by atoms with van der Waals surface area (Å²) in [7, 11) is 0. The van der Waals surface area contributed by atoms with Gasteiger partial charge in [-0.05, 0) is 19.3 Å². The third-order valence-corrected chi connectivity index (χ3v) is 2.99. The van der Waals surface area contributed by atoms with Crippen molar-refractivity contribution in [1.29, 1.82) is 0 Å². The Balaban J connectivity index is 2.17. The minimum absolute atomic E-state index is 0.500. The normalized spacial score (nSPS) is 18.4. The minimum atomic E-state index is 0.500. The SMILES string of the molecule is CCCC(C)c1ncn(C2CC2)c1N. The molecule has 0 aromatic carbocycles. The molecule has 1 atom stereocenters. The number of nitrogens with zero attached hydrogens (tertiary/aromatic N) is 2. The highest BCUT2D eigenvalue weighted by atomic mass is 15.2. The van der Waals surface area contributed by atoms with E-state index in [4.69, 9.17) is 5.73 Å². The predicted octanol–water partition coefficient (Wildman–Crippen LogP) is 2.70. The van der Waals surface area contributed by atoms with Crippen molar-refractivity contribution in [3.05, 3.63) is 12.0 Å². The summed E-state index contributed by atoms with van der Waals surface area (Å²) in [6.45, 7) is 4.41. The van der Waals surface area contributed by atoms with Crippen molar-refractivity contribution in [2.75, 3.05) is 5.73 Å². The van der Waals surface area contributed by atoms with Crippen molar-refractivity contribution in [3.63, 3.8) is 0 Å². The molecule has 0 amide bonds. The number of hydrogen-bond donors (Lipinski definition) is 1. The van der Waals surface area contributed by atoms with Crippen LogP contribution in [0.4, 0.5) is 5.82 Å². The van der Waals surface area contributed by atoms with E-state index in [-0.39, 0.29) is 0 Å². The van der Waals surface area contributed by atoms with Crippen LogP contribution in [0.15, 0.2) is 6.33 Å². The average molecular weight is 193 g/mol. The van der Waals surface area contributed by atoms with Gasteiger partial charge in [-0.3, -0.25) is 0 Å². The van der Waals surface area contributed by atoms with E-state index in [1.54, 1.807) is 0 Å². The fraction of sp³-hybridized carbons (Fsp3) is 0.727. The van der Waals surface area contributed by atoms with Gasteiger partial charge in [-0.15, -0.1) is 0 Å². The number of aromatic nitrogens is 2. The lowest BCUT2D eigenvalue weighted by Crippen LogP contribution is -2.03. The number of rotatable bonds is 4. The largest absolute Gasteiger partial charge is 0.384 e. The van der Waals surface area contributed by atoms with E-state index < -0.39 is 0 Å². The van der Waals surface area contributed by atoms with Gasteiger partial charge >= 0.3 is 0 Å². The van der Waals surface area contributed by atoms with Gasteiger partial charge in [0, 0.05) is 12.0 Å². The first-order valence-electron chi connectivity index (χ1n) is 5.56.